The Kier molecular flexibility index (Phi) is 7.36. The molecule has 1 aliphatic heterocycles. The number of benzene rings is 4. The molecule has 0 saturated heterocycles. The van der Waals surface area contributed by atoms with Crippen molar-refractivity contribution in [2.24, 2.45) is 0 Å². The molecule has 2 amide bonds. The van der Waals surface area contributed by atoms with E-state index in [1.165, 1.54) is 0 Å². The van der Waals surface area contributed by atoms with E-state index in [0.29, 0.717) is 17.7 Å². The van der Waals surface area contributed by atoms with E-state index < -0.39 is 0 Å². The summed E-state index contributed by atoms with van der Waals surface area (Å²) in [6.45, 7) is 2.04. The molecule has 2 atom stereocenters. The molecule has 0 N–H and O–H groups in total. The number of hydrogen-bond donors (Lipinski definition) is 0. The number of rotatable bonds is 6. The molecule has 0 aliphatic carbocycles. The number of ether oxygens (including phenoxy) is 1. The molecule has 5 nitrogen and oxygen atoms in total. The highest BCUT2D eigenvalue weighted by atomic mass is 16.5. The molecule has 38 heavy (non-hydrogen) atoms. The summed E-state index contributed by atoms with van der Waals surface area (Å²) in [7, 11) is 1.61. The van der Waals surface area contributed by atoms with Crippen LogP contribution in [0.5, 0.6) is 5.75 Å². The summed E-state index contributed by atoms with van der Waals surface area (Å²) in [6.07, 6.45) is 4.07. The molecule has 1 heterocycles. The molecular weight excluding hydrogens is 472 g/mol. The highest BCUT2D eigenvalue weighted by Crippen LogP contribution is 2.42. The van der Waals surface area contributed by atoms with Gasteiger partial charge in [0.25, 0.3) is 11.8 Å². The lowest BCUT2D eigenvalue weighted by Crippen LogP contribution is -2.47. The molecule has 0 saturated carbocycles. The van der Waals surface area contributed by atoms with Gasteiger partial charge in [-0.1, -0.05) is 66.7 Å². The molecule has 0 bridgehead atoms. The average Bonchev–Trinajstić information content (AvgIpc) is 2.97. The van der Waals surface area contributed by atoms with E-state index in [1.54, 1.807) is 37.5 Å². The van der Waals surface area contributed by atoms with Gasteiger partial charge in [0.05, 0.1) is 13.2 Å². The molecule has 190 valence electrons. The monoisotopic (exact) mass is 502 g/mol. The summed E-state index contributed by atoms with van der Waals surface area (Å²) in [5.74, 6) is 0.517. The Hall–Kier alpha value is -4.64. The van der Waals surface area contributed by atoms with Gasteiger partial charge >= 0.3 is 0 Å². The first kappa shape index (κ1) is 25.0. The molecule has 1 aliphatic rings. The zero-order valence-corrected chi connectivity index (χ0v) is 21.5. The summed E-state index contributed by atoms with van der Waals surface area (Å²) in [6, 6.07) is 34.2. The van der Waals surface area contributed by atoms with E-state index >= 15 is 0 Å². The van der Waals surface area contributed by atoms with Crippen molar-refractivity contribution >= 4 is 29.3 Å². The van der Waals surface area contributed by atoms with Crippen molar-refractivity contribution in [3.05, 3.63) is 132 Å². The predicted octanol–water partition coefficient (Wildman–Crippen LogP) is 6.92. The van der Waals surface area contributed by atoms with E-state index in [2.05, 4.69) is 0 Å². The Bertz CT molecular complexity index is 1430. The molecule has 0 fully saturated rings. The largest absolute Gasteiger partial charge is 0.497 e. The molecule has 2 unspecified atom stereocenters. The Balaban J connectivity index is 1.53. The number of methoxy groups -OCH3 is 1. The second-order valence-corrected chi connectivity index (χ2v) is 9.35. The minimum atomic E-state index is -0.239. The normalized spacial score (nSPS) is 16.6. The third kappa shape index (κ3) is 5.09. The summed E-state index contributed by atoms with van der Waals surface area (Å²) < 4.78 is 5.26. The first-order chi connectivity index (χ1) is 18.6. The van der Waals surface area contributed by atoms with Gasteiger partial charge < -0.3 is 14.5 Å². The zero-order chi connectivity index (χ0) is 26.5. The zero-order valence-electron chi connectivity index (χ0n) is 21.5. The van der Waals surface area contributed by atoms with Crippen molar-refractivity contribution in [1.82, 2.24) is 0 Å². The van der Waals surface area contributed by atoms with Crippen LogP contribution < -0.4 is 14.5 Å². The first-order valence-corrected chi connectivity index (χ1v) is 12.7. The fraction of sp³-hybridized carbons (Fsp3) is 0.152. The predicted molar refractivity (Wildman–Crippen MR) is 152 cm³/mol. The fourth-order valence-electron chi connectivity index (χ4n) is 5.07. The maximum atomic E-state index is 13.8. The van der Waals surface area contributed by atoms with Gasteiger partial charge in [-0.25, -0.2) is 0 Å². The van der Waals surface area contributed by atoms with Crippen LogP contribution in [0.3, 0.4) is 0 Å². The standard InChI is InChI=1S/C33H30N2O3/c1-24-23-31(35(27-13-7-4-8-14-27)32(36)22-17-25-11-5-3-6-12-25)29-15-9-10-16-30(29)34(24)33(37)26-18-20-28(38-2)21-19-26/h3-22,24,31H,23H2,1-2H3/b22-17+. The lowest BCUT2D eigenvalue weighted by Gasteiger charge is -2.43. The van der Waals surface area contributed by atoms with E-state index in [1.807, 2.05) is 108 Å². The molecule has 4 aromatic carbocycles. The molecule has 0 spiro atoms. The average molecular weight is 503 g/mol. The molecule has 5 heteroatoms. The Morgan fingerprint density at radius 1 is 0.842 bits per heavy atom. The van der Waals surface area contributed by atoms with Crippen molar-refractivity contribution in [2.75, 3.05) is 16.9 Å². The van der Waals surface area contributed by atoms with Crippen LogP contribution in [0, 0.1) is 0 Å². The van der Waals surface area contributed by atoms with E-state index in [9.17, 15) is 9.59 Å². The second kappa shape index (κ2) is 11.2. The van der Waals surface area contributed by atoms with Gasteiger partial charge in [-0.15, -0.1) is 0 Å². The van der Waals surface area contributed by atoms with Crippen molar-refractivity contribution in [1.29, 1.82) is 0 Å². The van der Waals surface area contributed by atoms with Gasteiger partial charge in [0.1, 0.15) is 5.75 Å². The summed E-state index contributed by atoms with van der Waals surface area (Å²) in [4.78, 5) is 31.2. The number of para-hydroxylation sites is 2. The van der Waals surface area contributed by atoms with Gasteiger partial charge in [0.2, 0.25) is 0 Å². The van der Waals surface area contributed by atoms with E-state index in [-0.39, 0.29) is 23.9 Å². The summed E-state index contributed by atoms with van der Waals surface area (Å²) in [5.41, 5.74) is 4.13. The number of carbonyl (C=O) groups excluding carboxylic acids is 2. The molecule has 4 aromatic rings. The van der Waals surface area contributed by atoms with Crippen molar-refractivity contribution < 1.29 is 14.3 Å². The van der Waals surface area contributed by atoms with Gasteiger partial charge in [0, 0.05) is 29.1 Å². The van der Waals surface area contributed by atoms with Gasteiger partial charge in [-0.2, -0.15) is 0 Å². The van der Waals surface area contributed by atoms with E-state index in [0.717, 1.165) is 22.5 Å². The first-order valence-electron chi connectivity index (χ1n) is 12.7. The molecule has 0 radical (unpaired) electrons. The fourth-order valence-corrected chi connectivity index (χ4v) is 5.07. The van der Waals surface area contributed by atoms with Crippen LogP contribution in [0.25, 0.3) is 6.08 Å². The maximum absolute atomic E-state index is 13.8. The smallest absolute Gasteiger partial charge is 0.258 e. The number of nitrogens with zero attached hydrogens (tertiary/aromatic N) is 2. The molecule has 0 aromatic heterocycles. The topological polar surface area (TPSA) is 49.9 Å². The second-order valence-electron chi connectivity index (χ2n) is 9.35. The SMILES string of the molecule is COc1ccc(C(=O)N2c3ccccc3C(N(C(=O)/C=C/c3ccccc3)c3ccccc3)CC2C)cc1. The number of carbonyl (C=O) groups is 2. The third-order valence-corrected chi connectivity index (χ3v) is 6.92. The van der Waals surface area contributed by atoms with Gasteiger partial charge in [0.15, 0.2) is 0 Å². The minimum absolute atomic E-state index is 0.0763. The Labute approximate surface area is 223 Å². The lowest BCUT2D eigenvalue weighted by molar-refractivity contribution is -0.114. The number of hydrogen-bond acceptors (Lipinski definition) is 3. The van der Waals surface area contributed by atoms with Crippen LogP contribution in [-0.4, -0.2) is 25.0 Å². The third-order valence-electron chi connectivity index (χ3n) is 6.92. The molecular formula is C33H30N2O3. The summed E-state index contributed by atoms with van der Waals surface area (Å²) >= 11 is 0. The van der Waals surface area contributed by atoms with Crippen molar-refractivity contribution in [2.45, 2.75) is 25.4 Å². The number of fused-ring (bicyclic) bond motifs is 1. The van der Waals surface area contributed by atoms with Gasteiger partial charge in [-0.3, -0.25) is 9.59 Å². The highest BCUT2D eigenvalue weighted by Gasteiger charge is 2.38. The maximum Gasteiger partial charge on any atom is 0.258 e. The quantitative estimate of drug-likeness (QED) is 0.269. The lowest BCUT2D eigenvalue weighted by atomic mass is 9.89. The number of anilines is 2. The van der Waals surface area contributed by atoms with E-state index in [4.69, 9.17) is 4.74 Å². The van der Waals surface area contributed by atoms with Crippen LogP contribution >= 0.6 is 0 Å². The summed E-state index contributed by atoms with van der Waals surface area (Å²) in [5, 5.41) is 0. The highest BCUT2D eigenvalue weighted by molar-refractivity contribution is 6.08. The van der Waals surface area contributed by atoms with Gasteiger partial charge in [-0.05, 0) is 73.0 Å². The minimum Gasteiger partial charge on any atom is -0.497 e. The number of amides is 2. The van der Waals surface area contributed by atoms with Crippen molar-refractivity contribution in [3.63, 3.8) is 0 Å². The van der Waals surface area contributed by atoms with Crippen LogP contribution in [-0.2, 0) is 4.79 Å². The Morgan fingerprint density at radius 3 is 2.16 bits per heavy atom. The van der Waals surface area contributed by atoms with Crippen molar-refractivity contribution in [3.8, 4) is 5.75 Å². The Morgan fingerprint density at radius 2 is 1.47 bits per heavy atom. The van der Waals surface area contributed by atoms with Crippen LogP contribution in [0.4, 0.5) is 11.4 Å². The van der Waals surface area contributed by atoms with Crippen LogP contribution in [0.15, 0.2) is 115 Å². The molecule has 5 rings (SSSR count). The van der Waals surface area contributed by atoms with Crippen LogP contribution in [0.1, 0.15) is 40.9 Å². The van der Waals surface area contributed by atoms with Crippen LogP contribution in [0.2, 0.25) is 0 Å².